The molecule has 29 nitrogen and oxygen atoms in total. The van der Waals surface area contributed by atoms with E-state index in [-0.39, 0.29) is 54.7 Å². The summed E-state index contributed by atoms with van der Waals surface area (Å²) >= 11 is 3.80. The number of carboxylic acids is 4. The van der Waals surface area contributed by atoms with E-state index >= 15 is 0 Å². The van der Waals surface area contributed by atoms with E-state index in [0.29, 0.717) is 11.4 Å². The second kappa shape index (κ2) is 27.1. The Hall–Kier alpha value is -8.31. The number of carbonyl (C=O) groups is 11. The summed E-state index contributed by atoms with van der Waals surface area (Å²) in [5.41, 5.74) is 22.1. The predicted molar refractivity (Wildman–Crippen MR) is 233 cm³/mol. The maximum atomic E-state index is 13.5. The van der Waals surface area contributed by atoms with Crippen LogP contribution in [-0.2, 0) is 49.7 Å². The second-order valence-corrected chi connectivity index (χ2v) is 14.4. The smallest absolute Gasteiger partial charge is 0.327 e. The summed E-state index contributed by atoms with van der Waals surface area (Å²) in [6, 6.07) is -2.88. The van der Waals surface area contributed by atoms with Gasteiger partial charge in [0, 0.05) is 30.0 Å². The Morgan fingerprint density at radius 1 is 0.687 bits per heavy atom. The van der Waals surface area contributed by atoms with Crippen LogP contribution in [0.1, 0.15) is 65.1 Å². The summed E-state index contributed by atoms with van der Waals surface area (Å²) in [5, 5.41) is 53.7. The molecule has 2 aromatic rings. The molecular weight excluding hydrogens is 913 g/mol. The topological polar surface area (TPSA) is 495 Å². The molecular formula is C37H50N14O15S. The molecule has 1 aromatic heterocycles. The maximum absolute atomic E-state index is 13.5. The molecule has 0 aliphatic carbocycles. The van der Waals surface area contributed by atoms with E-state index in [9.17, 15) is 68.1 Å². The zero-order valence-electron chi connectivity index (χ0n) is 35.2. The van der Waals surface area contributed by atoms with Crippen molar-refractivity contribution in [3.8, 4) is 0 Å². The Bertz CT molecular complexity index is 2210. The van der Waals surface area contributed by atoms with Crippen LogP contribution in [0.25, 0.3) is 0 Å². The Morgan fingerprint density at radius 3 is 1.81 bits per heavy atom. The summed E-state index contributed by atoms with van der Waals surface area (Å²) < 4.78 is 0. The molecule has 0 bridgehead atoms. The molecule has 5 atom stereocenters. The molecule has 0 radical (unpaired) electrons. The lowest BCUT2D eigenvalue weighted by Crippen LogP contribution is -2.57. The molecule has 30 heteroatoms. The van der Waals surface area contributed by atoms with Gasteiger partial charge in [0.25, 0.3) is 11.8 Å². The molecule has 0 aliphatic rings. The van der Waals surface area contributed by atoms with Crippen LogP contribution in [0.15, 0.2) is 35.5 Å². The highest BCUT2D eigenvalue weighted by molar-refractivity contribution is 7.80. The first-order chi connectivity index (χ1) is 31.5. The Morgan fingerprint density at radius 2 is 1.25 bits per heavy atom. The van der Waals surface area contributed by atoms with Gasteiger partial charge in [-0.2, -0.15) is 12.6 Å². The highest BCUT2D eigenvalue weighted by Gasteiger charge is 2.32. The number of guanidine groups is 1. The predicted octanol–water partition coefficient (Wildman–Crippen LogP) is -5.19. The number of hydrogen-bond donors (Lipinski definition) is 16. The molecule has 0 fully saturated rings. The number of nitrogens with zero attached hydrogens (tertiary/aromatic N) is 3. The lowest BCUT2D eigenvalue weighted by molar-refractivity contribution is -0.142. The van der Waals surface area contributed by atoms with Gasteiger partial charge in [-0.3, -0.25) is 48.1 Å². The van der Waals surface area contributed by atoms with Crippen molar-refractivity contribution in [1.29, 1.82) is 0 Å². The van der Waals surface area contributed by atoms with Crippen LogP contribution in [0.3, 0.4) is 0 Å². The maximum Gasteiger partial charge on any atom is 0.327 e. The van der Waals surface area contributed by atoms with E-state index in [1.54, 1.807) is 0 Å². The minimum atomic E-state index is -1.90. The van der Waals surface area contributed by atoms with E-state index in [1.165, 1.54) is 30.5 Å². The van der Waals surface area contributed by atoms with Crippen LogP contribution < -0.4 is 60.2 Å². The van der Waals surface area contributed by atoms with Gasteiger partial charge >= 0.3 is 23.9 Å². The Kier molecular flexibility index (Phi) is 22.2. The molecule has 364 valence electrons. The summed E-state index contributed by atoms with van der Waals surface area (Å²) in [6.07, 6.45) is -2.37. The summed E-state index contributed by atoms with van der Waals surface area (Å²) in [7, 11) is 0. The number of benzene rings is 1. The van der Waals surface area contributed by atoms with Crippen molar-refractivity contribution in [1.82, 2.24) is 41.9 Å². The third-order valence-corrected chi connectivity index (χ3v) is 9.19. The molecule has 67 heavy (non-hydrogen) atoms. The molecule has 2 rings (SSSR count). The summed E-state index contributed by atoms with van der Waals surface area (Å²) in [4.78, 5) is 148. The largest absolute Gasteiger partial charge is 0.481 e. The van der Waals surface area contributed by atoms with Gasteiger partial charge < -0.3 is 80.6 Å². The van der Waals surface area contributed by atoms with Crippen molar-refractivity contribution in [3.05, 3.63) is 47.4 Å². The number of carboxylic acid groups (broad SMARTS) is 4. The van der Waals surface area contributed by atoms with Crippen LogP contribution in [0.5, 0.6) is 0 Å². The molecule has 0 saturated heterocycles. The van der Waals surface area contributed by atoms with Crippen molar-refractivity contribution in [2.24, 2.45) is 22.2 Å². The molecule has 7 amide bonds. The first-order valence-electron chi connectivity index (χ1n) is 19.6. The van der Waals surface area contributed by atoms with Crippen molar-refractivity contribution >= 4 is 95.3 Å². The SMILES string of the molecule is NC(=O)c1nc(CNc2ccc(C(=O)NC(CCC(=O)NC(CC(=O)O)C(=O)NC(CCCN=C(N)N)C(=O)NC(CC(=O)O)C(=O)NCC(=O)NC(CS)C(=O)O)C(=O)O)cc2)cnc1N. The van der Waals surface area contributed by atoms with Crippen LogP contribution in [0.2, 0.25) is 0 Å². The fourth-order valence-corrected chi connectivity index (χ4v) is 5.73. The average Bonchev–Trinajstić information content (AvgIpc) is 3.25. The minimum Gasteiger partial charge on any atom is -0.481 e. The van der Waals surface area contributed by atoms with E-state index in [1.807, 2.05) is 0 Å². The van der Waals surface area contributed by atoms with Crippen LogP contribution >= 0.6 is 12.6 Å². The average molecular weight is 963 g/mol. The van der Waals surface area contributed by atoms with E-state index in [0.717, 1.165) is 0 Å². The van der Waals surface area contributed by atoms with Crippen molar-refractivity contribution in [2.45, 2.75) is 75.3 Å². The monoisotopic (exact) mass is 962 g/mol. The third kappa shape index (κ3) is 20.0. The number of amides is 7. The van der Waals surface area contributed by atoms with E-state index in [4.69, 9.17) is 28.0 Å². The lowest BCUT2D eigenvalue weighted by atomic mass is 10.1. The second-order valence-electron chi connectivity index (χ2n) is 14.0. The number of carbonyl (C=O) groups excluding carboxylic acids is 7. The van der Waals surface area contributed by atoms with Gasteiger partial charge in [0.05, 0.1) is 37.8 Å². The molecule has 0 saturated carbocycles. The Labute approximate surface area is 384 Å². The third-order valence-electron chi connectivity index (χ3n) is 8.83. The lowest BCUT2D eigenvalue weighted by Gasteiger charge is -2.24. The Balaban J connectivity index is 2.14. The van der Waals surface area contributed by atoms with E-state index in [2.05, 4.69) is 64.8 Å². The van der Waals surface area contributed by atoms with Crippen molar-refractivity contribution in [2.75, 3.05) is 29.9 Å². The van der Waals surface area contributed by atoms with Crippen LogP contribution in [-0.4, -0.2) is 151 Å². The summed E-state index contributed by atoms with van der Waals surface area (Å²) in [5.74, 6) is -14.4. The summed E-state index contributed by atoms with van der Waals surface area (Å²) in [6.45, 7) is -0.885. The number of aliphatic carboxylic acids is 4. The van der Waals surface area contributed by atoms with Crippen LogP contribution in [0.4, 0.5) is 11.5 Å². The van der Waals surface area contributed by atoms with Gasteiger partial charge in [-0.1, -0.05) is 0 Å². The number of nitrogen functional groups attached to an aromatic ring is 1. The minimum absolute atomic E-state index is 0.0116. The highest BCUT2D eigenvalue weighted by atomic mass is 32.1. The number of aliphatic imine (C=N–C) groups is 1. The number of primary amides is 1. The van der Waals surface area contributed by atoms with Gasteiger partial charge in [-0.15, -0.1) is 0 Å². The van der Waals surface area contributed by atoms with Crippen LogP contribution in [0, 0.1) is 0 Å². The van der Waals surface area contributed by atoms with Gasteiger partial charge in [0.2, 0.25) is 29.5 Å². The van der Waals surface area contributed by atoms with Crippen molar-refractivity contribution in [3.63, 3.8) is 0 Å². The number of rotatable bonds is 29. The number of nitrogens with one attached hydrogen (secondary N) is 7. The normalized spacial score (nSPS) is 12.8. The first kappa shape index (κ1) is 54.8. The number of hydrogen-bond acceptors (Lipinski definition) is 17. The van der Waals surface area contributed by atoms with Gasteiger partial charge in [0.1, 0.15) is 30.2 Å². The van der Waals surface area contributed by atoms with Gasteiger partial charge in [0.15, 0.2) is 17.5 Å². The zero-order valence-corrected chi connectivity index (χ0v) is 36.1. The molecule has 1 aromatic carbocycles. The quantitative estimate of drug-likeness (QED) is 0.0157. The number of thiol groups is 1. The number of nitrogens with two attached hydrogens (primary N) is 4. The molecule has 0 aliphatic heterocycles. The van der Waals surface area contributed by atoms with Crippen molar-refractivity contribution < 1.29 is 73.2 Å². The number of aromatic nitrogens is 2. The fraction of sp³-hybridized carbons (Fsp3) is 0.405. The highest BCUT2D eigenvalue weighted by Crippen LogP contribution is 2.13. The van der Waals surface area contributed by atoms with Gasteiger partial charge in [-0.25, -0.2) is 19.6 Å². The fourth-order valence-electron chi connectivity index (χ4n) is 5.48. The molecule has 5 unspecified atom stereocenters. The number of anilines is 2. The van der Waals surface area contributed by atoms with E-state index < -0.39 is 128 Å². The van der Waals surface area contributed by atoms with Gasteiger partial charge in [-0.05, 0) is 43.5 Å². The standard InChI is InChI=1S/C37H50N14O15S/c38-29-28(30(39)58)46-18(13-44-29)12-43-17-5-3-16(4-6-17)31(59)50-20(35(63)64)7-8-24(52)47-22(11-27(56)57)34(62)49-19(2-1-9-42-37(40)41)33(61)51-21(10-26(54)55)32(60)45-14-25(53)48-23(15-67)36(65)66/h3-6,13,19-23,43,67H,1-2,7-12,14-15H2,(H2,38,44)(H2,39,58)(H,45,60)(H,47,52)(H,48,53)(H,49,62)(H,50,59)(H,51,61)(H,54,55)(H,56,57)(H,63,64)(H,65,66)(H4,40,41,42). The molecule has 19 N–H and O–H groups in total. The first-order valence-corrected chi connectivity index (χ1v) is 20.2. The zero-order chi connectivity index (χ0) is 50.4. The molecule has 0 spiro atoms. The molecule has 1 heterocycles.